The second-order valence-electron chi connectivity index (χ2n) is 5.32. The fourth-order valence-electron chi connectivity index (χ4n) is 2.08. The molecule has 0 aliphatic heterocycles. The molecule has 0 radical (unpaired) electrons. The number of benzene rings is 1. The van der Waals surface area contributed by atoms with E-state index in [2.05, 4.69) is 47.0 Å². The topological polar surface area (TPSA) is 37.8 Å². The minimum atomic E-state index is 0.552. The fraction of sp³-hybridized carbons (Fsp3) is 0.375. The Morgan fingerprint density at radius 2 is 2.00 bits per heavy atom. The lowest BCUT2D eigenvalue weighted by Crippen LogP contribution is -2.06. The van der Waals surface area contributed by atoms with Gasteiger partial charge < -0.3 is 5.32 Å². The zero-order chi connectivity index (χ0) is 15.4. The fourth-order valence-corrected chi connectivity index (χ4v) is 2.94. The van der Waals surface area contributed by atoms with E-state index < -0.39 is 0 Å². The molecule has 0 fully saturated rings. The Morgan fingerprint density at radius 3 is 2.62 bits per heavy atom. The Labute approximate surface area is 139 Å². The van der Waals surface area contributed by atoms with E-state index in [1.807, 2.05) is 24.3 Å². The molecular formula is C16H19BrClN3. The van der Waals surface area contributed by atoms with Crippen LogP contribution in [-0.4, -0.2) is 16.5 Å². The van der Waals surface area contributed by atoms with Crippen molar-refractivity contribution in [3.05, 3.63) is 39.5 Å². The van der Waals surface area contributed by atoms with Gasteiger partial charge in [-0.05, 0) is 53.4 Å². The number of hydrogen-bond acceptors (Lipinski definition) is 3. The first kappa shape index (κ1) is 16.2. The molecule has 112 valence electrons. The highest BCUT2D eigenvalue weighted by Gasteiger charge is 2.11. The third-order valence-corrected chi connectivity index (χ3v) is 3.82. The van der Waals surface area contributed by atoms with Gasteiger partial charge in [0.25, 0.3) is 0 Å². The number of hydrogen-bond donors (Lipinski definition) is 1. The van der Waals surface area contributed by atoms with Crippen LogP contribution in [0.2, 0.25) is 5.02 Å². The maximum atomic E-state index is 6.00. The van der Waals surface area contributed by atoms with Gasteiger partial charge >= 0.3 is 0 Å². The van der Waals surface area contributed by atoms with Crippen molar-refractivity contribution in [3.63, 3.8) is 0 Å². The quantitative estimate of drug-likeness (QED) is 0.789. The minimum Gasteiger partial charge on any atom is -0.370 e. The molecule has 21 heavy (non-hydrogen) atoms. The van der Waals surface area contributed by atoms with Gasteiger partial charge in [0.05, 0.1) is 0 Å². The molecule has 5 heteroatoms. The standard InChI is InChI=1S/C16H19BrClN3/c1-4-19-15-9-12(7-10(2)3)20-16(21-15)13-6-5-11(18)8-14(13)17/h5-6,8-10H,4,7H2,1-3H3,(H,19,20,21). The predicted octanol–water partition coefficient (Wildman–Crippen LogP) is 5.19. The molecule has 2 aromatic rings. The molecule has 0 aliphatic rings. The van der Waals surface area contributed by atoms with Crippen molar-refractivity contribution < 1.29 is 0 Å². The highest BCUT2D eigenvalue weighted by Crippen LogP contribution is 2.29. The van der Waals surface area contributed by atoms with Crippen LogP contribution in [0.15, 0.2) is 28.7 Å². The molecular weight excluding hydrogens is 350 g/mol. The molecule has 0 unspecified atom stereocenters. The zero-order valence-corrected chi connectivity index (χ0v) is 14.8. The van der Waals surface area contributed by atoms with Crippen molar-refractivity contribution in [1.82, 2.24) is 9.97 Å². The van der Waals surface area contributed by atoms with Gasteiger partial charge in [-0.1, -0.05) is 25.4 Å². The summed E-state index contributed by atoms with van der Waals surface area (Å²) in [5.41, 5.74) is 2.00. The van der Waals surface area contributed by atoms with Gasteiger partial charge in [-0.15, -0.1) is 0 Å². The van der Waals surface area contributed by atoms with Crippen LogP contribution in [0, 0.1) is 5.92 Å². The van der Waals surface area contributed by atoms with Crippen LogP contribution in [-0.2, 0) is 6.42 Å². The molecule has 0 bridgehead atoms. The molecule has 0 atom stereocenters. The lowest BCUT2D eigenvalue weighted by molar-refractivity contribution is 0.635. The summed E-state index contributed by atoms with van der Waals surface area (Å²) >= 11 is 9.54. The van der Waals surface area contributed by atoms with E-state index in [-0.39, 0.29) is 0 Å². The molecule has 0 saturated carbocycles. The summed E-state index contributed by atoms with van der Waals surface area (Å²) in [4.78, 5) is 9.29. The molecule has 1 heterocycles. The van der Waals surface area contributed by atoms with Crippen LogP contribution < -0.4 is 5.32 Å². The third-order valence-electron chi connectivity index (χ3n) is 2.93. The van der Waals surface area contributed by atoms with Crippen molar-refractivity contribution in [1.29, 1.82) is 0 Å². The van der Waals surface area contributed by atoms with Crippen LogP contribution in [0.1, 0.15) is 26.5 Å². The first-order chi connectivity index (χ1) is 9.99. The normalized spacial score (nSPS) is 11.0. The van der Waals surface area contributed by atoms with E-state index in [0.717, 1.165) is 34.5 Å². The number of nitrogens with one attached hydrogen (secondary N) is 1. The molecule has 1 aromatic heterocycles. The molecule has 3 nitrogen and oxygen atoms in total. The Balaban J connectivity index is 2.48. The van der Waals surface area contributed by atoms with Gasteiger partial charge in [0.2, 0.25) is 0 Å². The molecule has 1 aromatic carbocycles. The van der Waals surface area contributed by atoms with E-state index in [1.165, 1.54) is 0 Å². The maximum Gasteiger partial charge on any atom is 0.162 e. The monoisotopic (exact) mass is 367 g/mol. The summed E-state index contributed by atoms with van der Waals surface area (Å²) in [5.74, 6) is 2.13. The van der Waals surface area contributed by atoms with Crippen LogP contribution >= 0.6 is 27.5 Å². The van der Waals surface area contributed by atoms with E-state index in [0.29, 0.717) is 16.8 Å². The van der Waals surface area contributed by atoms with Crippen molar-refractivity contribution in [2.45, 2.75) is 27.2 Å². The molecule has 0 saturated heterocycles. The van der Waals surface area contributed by atoms with Gasteiger partial charge in [-0.2, -0.15) is 0 Å². The summed E-state index contributed by atoms with van der Waals surface area (Å²) < 4.78 is 0.902. The largest absolute Gasteiger partial charge is 0.370 e. The number of anilines is 1. The molecule has 0 aliphatic carbocycles. The molecule has 0 amide bonds. The van der Waals surface area contributed by atoms with Gasteiger partial charge in [0.1, 0.15) is 5.82 Å². The van der Waals surface area contributed by atoms with Crippen molar-refractivity contribution >= 4 is 33.3 Å². The molecule has 0 spiro atoms. The second-order valence-corrected chi connectivity index (χ2v) is 6.61. The van der Waals surface area contributed by atoms with Crippen molar-refractivity contribution in [2.24, 2.45) is 5.92 Å². The average Bonchev–Trinajstić information content (AvgIpc) is 2.37. The Bertz CT molecular complexity index is 629. The smallest absolute Gasteiger partial charge is 0.162 e. The van der Waals surface area contributed by atoms with Crippen LogP contribution in [0.4, 0.5) is 5.82 Å². The summed E-state index contributed by atoms with van der Waals surface area (Å²) in [7, 11) is 0. The van der Waals surface area contributed by atoms with Crippen LogP contribution in [0.3, 0.4) is 0 Å². The highest BCUT2D eigenvalue weighted by atomic mass is 79.9. The van der Waals surface area contributed by atoms with Gasteiger partial charge in [0.15, 0.2) is 5.82 Å². The van der Waals surface area contributed by atoms with Crippen molar-refractivity contribution in [2.75, 3.05) is 11.9 Å². The van der Waals surface area contributed by atoms with E-state index in [9.17, 15) is 0 Å². The number of aromatic nitrogens is 2. The number of nitrogens with zero attached hydrogens (tertiary/aromatic N) is 2. The maximum absolute atomic E-state index is 6.00. The molecule has 2 rings (SSSR count). The third kappa shape index (κ3) is 4.42. The summed E-state index contributed by atoms with van der Waals surface area (Å²) in [6.45, 7) is 7.27. The Kier molecular flexibility index (Phi) is 5.59. The van der Waals surface area contributed by atoms with Gasteiger partial charge in [-0.25, -0.2) is 9.97 Å². The average molecular weight is 369 g/mol. The van der Waals surface area contributed by atoms with Crippen molar-refractivity contribution in [3.8, 4) is 11.4 Å². The lowest BCUT2D eigenvalue weighted by atomic mass is 10.1. The van der Waals surface area contributed by atoms with E-state index in [1.54, 1.807) is 0 Å². The first-order valence-electron chi connectivity index (χ1n) is 7.06. The Hall–Kier alpha value is -1.13. The predicted molar refractivity (Wildman–Crippen MR) is 92.9 cm³/mol. The van der Waals surface area contributed by atoms with Gasteiger partial charge in [0, 0.05) is 33.4 Å². The number of rotatable bonds is 5. The van der Waals surface area contributed by atoms with Crippen LogP contribution in [0.25, 0.3) is 11.4 Å². The highest BCUT2D eigenvalue weighted by molar-refractivity contribution is 9.10. The Morgan fingerprint density at radius 1 is 1.24 bits per heavy atom. The summed E-state index contributed by atoms with van der Waals surface area (Å²) in [5, 5.41) is 3.96. The van der Waals surface area contributed by atoms with E-state index in [4.69, 9.17) is 16.6 Å². The summed E-state index contributed by atoms with van der Waals surface area (Å²) in [6.07, 6.45) is 0.930. The second kappa shape index (κ2) is 7.23. The minimum absolute atomic E-state index is 0.552. The van der Waals surface area contributed by atoms with Gasteiger partial charge in [-0.3, -0.25) is 0 Å². The lowest BCUT2D eigenvalue weighted by Gasteiger charge is -2.11. The SMILES string of the molecule is CCNc1cc(CC(C)C)nc(-c2ccc(Cl)cc2Br)n1. The summed E-state index contributed by atoms with van der Waals surface area (Å²) in [6, 6.07) is 7.68. The number of halogens is 2. The van der Waals surface area contributed by atoms with Crippen LogP contribution in [0.5, 0.6) is 0 Å². The van der Waals surface area contributed by atoms with E-state index >= 15 is 0 Å². The molecule has 1 N–H and O–H groups in total. The zero-order valence-electron chi connectivity index (χ0n) is 12.5. The first-order valence-corrected chi connectivity index (χ1v) is 8.24.